The molecule has 128 valence electrons. The van der Waals surface area contributed by atoms with Crippen LogP contribution in [-0.4, -0.2) is 0 Å². The third-order valence-corrected chi connectivity index (χ3v) is 5.31. The van der Waals surface area contributed by atoms with Crippen LogP contribution >= 0.6 is 0 Å². The summed E-state index contributed by atoms with van der Waals surface area (Å²) in [6.45, 7) is 1.71. The summed E-state index contributed by atoms with van der Waals surface area (Å²) in [5, 5.41) is 5.83. The van der Waals surface area contributed by atoms with Crippen molar-refractivity contribution in [1.82, 2.24) is 0 Å². The first-order chi connectivity index (χ1) is 13.0. The van der Waals surface area contributed by atoms with E-state index >= 15 is 0 Å². The third-order valence-electron chi connectivity index (χ3n) is 5.31. The number of fused-ring (bicyclic) bond motifs is 4. The highest BCUT2D eigenvalue weighted by Crippen LogP contribution is 2.31. The molecule has 0 spiro atoms. The predicted molar refractivity (Wildman–Crippen MR) is 109 cm³/mol. The molecule has 0 atom stereocenters. The average molecular weight is 352 g/mol. The molecular weight excluding hydrogens is 340 g/mol. The van der Waals surface area contributed by atoms with Gasteiger partial charge in [0.25, 0.3) is 10.9 Å². The van der Waals surface area contributed by atoms with Crippen LogP contribution in [0.25, 0.3) is 43.1 Å². The van der Waals surface area contributed by atoms with Crippen LogP contribution in [0.2, 0.25) is 0 Å². The van der Waals surface area contributed by atoms with E-state index in [1.165, 1.54) is 0 Å². The van der Waals surface area contributed by atoms with Crippen molar-refractivity contribution in [2.45, 2.75) is 6.92 Å². The summed E-state index contributed by atoms with van der Waals surface area (Å²) in [5.41, 5.74) is -3.75. The minimum absolute atomic E-state index is 0.0229. The molecule has 0 N–H and O–H groups in total. The minimum atomic E-state index is -1.25. The van der Waals surface area contributed by atoms with E-state index in [1.54, 1.807) is 13.0 Å². The highest BCUT2D eigenvalue weighted by Gasteiger charge is 2.16. The number of hydrogen-bond donors (Lipinski definition) is 0. The highest BCUT2D eigenvalue weighted by atomic mass is 16.2. The van der Waals surface area contributed by atoms with E-state index in [0.717, 1.165) is 32.3 Å². The molecule has 27 heavy (non-hydrogen) atoms. The van der Waals surface area contributed by atoms with E-state index in [4.69, 9.17) is 0 Å². The minimum Gasteiger partial charge on any atom is -0.285 e. The van der Waals surface area contributed by atoms with Gasteiger partial charge in [0.15, 0.2) is 0 Å². The molecule has 0 aromatic heterocycles. The molecule has 0 aliphatic rings. The zero-order chi connectivity index (χ0) is 18.9. The smallest absolute Gasteiger partial charge is 0.277 e. The number of benzene rings is 5. The van der Waals surface area contributed by atoms with Gasteiger partial charge in [0.2, 0.25) is 10.9 Å². The second-order valence-corrected chi connectivity index (χ2v) is 6.86. The zero-order valence-electron chi connectivity index (χ0n) is 14.3. The second kappa shape index (κ2) is 5.17. The van der Waals surface area contributed by atoms with E-state index in [2.05, 4.69) is 12.1 Å². The van der Waals surface area contributed by atoms with Gasteiger partial charge in [-0.1, -0.05) is 24.3 Å². The third kappa shape index (κ3) is 2.04. The van der Waals surface area contributed by atoms with Crippen molar-refractivity contribution in [3.63, 3.8) is 0 Å². The van der Waals surface area contributed by atoms with Crippen LogP contribution in [0.4, 0.5) is 0 Å². The van der Waals surface area contributed by atoms with Crippen molar-refractivity contribution in [3.05, 3.63) is 101 Å². The van der Waals surface area contributed by atoms with Crippen molar-refractivity contribution < 1.29 is 0 Å². The first-order valence-electron chi connectivity index (χ1n) is 8.53. The van der Waals surface area contributed by atoms with Gasteiger partial charge in [0.1, 0.15) is 0 Å². The zero-order valence-corrected chi connectivity index (χ0v) is 14.3. The Morgan fingerprint density at radius 1 is 0.519 bits per heavy atom. The maximum absolute atomic E-state index is 12.4. The van der Waals surface area contributed by atoms with E-state index in [1.807, 2.05) is 36.4 Å². The van der Waals surface area contributed by atoms with E-state index < -0.39 is 21.7 Å². The van der Waals surface area contributed by atoms with Crippen LogP contribution in [0.1, 0.15) is 5.56 Å². The molecule has 0 amide bonds. The Balaban J connectivity index is 2.05. The molecule has 0 aliphatic carbocycles. The fourth-order valence-corrected chi connectivity index (χ4v) is 3.93. The molecule has 0 heterocycles. The molecule has 0 saturated heterocycles. The molecule has 5 aromatic carbocycles. The molecule has 0 aliphatic heterocycles. The first kappa shape index (κ1) is 15.6. The molecule has 4 heteroatoms. The lowest BCUT2D eigenvalue weighted by molar-refractivity contribution is 1.39. The molecule has 5 aromatic rings. The van der Waals surface area contributed by atoms with Crippen molar-refractivity contribution >= 4 is 43.1 Å². The summed E-state index contributed by atoms with van der Waals surface area (Å²) in [7, 11) is 0. The van der Waals surface area contributed by atoms with Crippen LogP contribution < -0.4 is 21.7 Å². The quantitative estimate of drug-likeness (QED) is 0.317. The second-order valence-electron chi connectivity index (χ2n) is 6.86. The standard InChI is InChI=1S/C23H12O4/c1-11-17-9-15-7-13-5-3-2-4-12(13)6-14(15)8-16(17)10-18-19(11)21(25)23(27)22(26)20(18)24/h2-10H,1H3. The van der Waals surface area contributed by atoms with Gasteiger partial charge in [-0.3, -0.25) is 19.2 Å². The van der Waals surface area contributed by atoms with Gasteiger partial charge < -0.3 is 0 Å². The van der Waals surface area contributed by atoms with Crippen molar-refractivity contribution in [3.8, 4) is 0 Å². The lowest BCUT2D eigenvalue weighted by Gasteiger charge is -2.09. The lowest BCUT2D eigenvalue weighted by Crippen LogP contribution is -2.46. The van der Waals surface area contributed by atoms with Gasteiger partial charge in [-0.15, -0.1) is 0 Å². The van der Waals surface area contributed by atoms with Crippen LogP contribution in [0.3, 0.4) is 0 Å². The highest BCUT2D eigenvalue weighted by molar-refractivity contribution is 6.09. The Hall–Kier alpha value is -3.66. The fraction of sp³-hybridized carbons (Fsp3) is 0.0435. The van der Waals surface area contributed by atoms with E-state index in [9.17, 15) is 19.2 Å². The SMILES string of the molecule is Cc1c2cc3cc4ccccc4cc3cc2cc2c(=O)c(=O)c(=O)c(=O)c12. The Bertz CT molecular complexity index is 1650. The molecule has 0 saturated carbocycles. The van der Waals surface area contributed by atoms with Crippen LogP contribution in [0.5, 0.6) is 0 Å². The van der Waals surface area contributed by atoms with Gasteiger partial charge in [-0.25, -0.2) is 0 Å². The molecule has 0 fully saturated rings. The summed E-state index contributed by atoms with van der Waals surface area (Å²) in [5.74, 6) is 0. The number of rotatable bonds is 0. The van der Waals surface area contributed by atoms with Gasteiger partial charge in [-0.2, -0.15) is 0 Å². The maximum atomic E-state index is 12.4. The van der Waals surface area contributed by atoms with E-state index in [-0.39, 0.29) is 10.8 Å². The summed E-state index contributed by atoms with van der Waals surface area (Å²) in [6.07, 6.45) is 0. The summed E-state index contributed by atoms with van der Waals surface area (Å²) in [4.78, 5) is 48.2. The monoisotopic (exact) mass is 352 g/mol. The Morgan fingerprint density at radius 2 is 1.04 bits per heavy atom. The van der Waals surface area contributed by atoms with Crippen LogP contribution in [0.15, 0.2) is 73.8 Å². The average Bonchev–Trinajstić information content (AvgIpc) is 2.67. The lowest BCUT2D eigenvalue weighted by atomic mass is 9.93. The normalized spacial score (nSPS) is 11.7. The molecular formula is C23H12O4. The van der Waals surface area contributed by atoms with Crippen molar-refractivity contribution in [2.24, 2.45) is 0 Å². The van der Waals surface area contributed by atoms with Crippen molar-refractivity contribution in [2.75, 3.05) is 0 Å². The van der Waals surface area contributed by atoms with Gasteiger partial charge in [0.05, 0.1) is 0 Å². The topological polar surface area (TPSA) is 68.3 Å². The fourth-order valence-electron chi connectivity index (χ4n) is 3.93. The van der Waals surface area contributed by atoms with Crippen LogP contribution in [-0.2, 0) is 0 Å². The molecule has 0 unspecified atom stereocenters. The van der Waals surface area contributed by atoms with Gasteiger partial charge in [-0.05, 0) is 75.1 Å². The summed E-state index contributed by atoms with van der Waals surface area (Å²) < 4.78 is 0. The molecule has 4 nitrogen and oxygen atoms in total. The number of hydrogen-bond acceptors (Lipinski definition) is 4. The first-order valence-corrected chi connectivity index (χ1v) is 8.53. The molecule has 0 bridgehead atoms. The van der Waals surface area contributed by atoms with Gasteiger partial charge in [0, 0.05) is 10.8 Å². The van der Waals surface area contributed by atoms with Crippen molar-refractivity contribution in [1.29, 1.82) is 0 Å². The molecule has 5 rings (SSSR count). The summed E-state index contributed by atoms with van der Waals surface area (Å²) in [6, 6.07) is 17.6. The Morgan fingerprint density at radius 3 is 1.70 bits per heavy atom. The predicted octanol–water partition coefficient (Wildman–Crippen LogP) is 2.92. The molecule has 0 radical (unpaired) electrons. The maximum Gasteiger partial charge on any atom is 0.277 e. The van der Waals surface area contributed by atoms with Gasteiger partial charge >= 0.3 is 0 Å². The largest absolute Gasteiger partial charge is 0.285 e. The van der Waals surface area contributed by atoms with E-state index in [0.29, 0.717) is 5.56 Å². The Kier molecular flexibility index (Phi) is 2.99. The Labute approximate surface area is 151 Å². The summed E-state index contributed by atoms with van der Waals surface area (Å²) >= 11 is 0. The number of aryl methyl sites for hydroxylation is 1. The van der Waals surface area contributed by atoms with Crippen LogP contribution in [0, 0.1) is 6.92 Å².